The predicted octanol–water partition coefficient (Wildman–Crippen LogP) is 3.53. The maximum absolute atomic E-state index is 12.4. The quantitative estimate of drug-likeness (QED) is 0.502. The van der Waals surface area contributed by atoms with Crippen LogP contribution >= 0.6 is 0 Å². The van der Waals surface area contributed by atoms with Gasteiger partial charge in [-0.25, -0.2) is 13.6 Å². The van der Waals surface area contributed by atoms with Gasteiger partial charge in [0.15, 0.2) is 0 Å². The van der Waals surface area contributed by atoms with E-state index in [-0.39, 0.29) is 29.4 Å². The van der Waals surface area contributed by atoms with Crippen LogP contribution in [0.5, 0.6) is 0 Å². The third kappa shape index (κ3) is 6.24. The van der Waals surface area contributed by atoms with Gasteiger partial charge < -0.3 is 10.6 Å². The molecule has 0 bridgehead atoms. The van der Waals surface area contributed by atoms with E-state index in [0.29, 0.717) is 0 Å². The third-order valence-corrected chi connectivity index (χ3v) is 6.10. The zero-order chi connectivity index (χ0) is 22.4. The molecule has 0 heterocycles. The van der Waals surface area contributed by atoms with E-state index >= 15 is 0 Å². The first kappa shape index (κ1) is 22.7. The highest BCUT2D eigenvalue weighted by molar-refractivity contribution is 7.89. The number of benzene rings is 3. The van der Waals surface area contributed by atoms with Crippen LogP contribution in [-0.2, 0) is 14.8 Å². The molecule has 0 fully saturated rings. The van der Waals surface area contributed by atoms with Crippen molar-refractivity contribution in [1.82, 2.24) is 10.6 Å². The van der Waals surface area contributed by atoms with Crippen LogP contribution < -0.4 is 15.8 Å². The van der Waals surface area contributed by atoms with Crippen molar-refractivity contribution in [2.75, 3.05) is 6.54 Å². The Morgan fingerprint density at radius 2 is 1.32 bits per heavy atom. The van der Waals surface area contributed by atoms with Gasteiger partial charge in [-0.1, -0.05) is 66.7 Å². The topological polar surface area (TPSA) is 101 Å². The monoisotopic (exact) mass is 437 g/mol. The molecule has 3 aromatic carbocycles. The van der Waals surface area contributed by atoms with Crippen LogP contribution in [0.3, 0.4) is 0 Å². The molecule has 31 heavy (non-hydrogen) atoms. The van der Waals surface area contributed by atoms with E-state index in [2.05, 4.69) is 34.9 Å². The number of nitrogens with two attached hydrogens (primary N) is 1. The minimum absolute atomic E-state index is 0.0632. The Hall–Kier alpha value is -3.00. The van der Waals surface area contributed by atoms with E-state index in [1.807, 2.05) is 44.2 Å². The molecule has 0 spiro atoms. The fraction of sp³-hybridized carbons (Fsp3) is 0.208. The van der Waals surface area contributed by atoms with Gasteiger partial charge in [0.05, 0.1) is 17.5 Å². The van der Waals surface area contributed by atoms with E-state index < -0.39 is 10.0 Å². The molecule has 0 aromatic heterocycles. The normalized spacial score (nSPS) is 13.4. The van der Waals surface area contributed by atoms with Crippen molar-refractivity contribution in [3.05, 3.63) is 90.0 Å². The molecule has 6 nitrogen and oxygen atoms in total. The predicted molar refractivity (Wildman–Crippen MR) is 123 cm³/mol. The average Bonchev–Trinajstić information content (AvgIpc) is 2.77. The fourth-order valence-electron chi connectivity index (χ4n) is 3.28. The summed E-state index contributed by atoms with van der Waals surface area (Å²) in [7, 11) is -3.71. The standard InChI is InChI=1S/C24H27N3O3S/c1-17(19-12-14-23(15-13-19)31(25,29)30)26-16-24(28)27-18(2)20-8-10-22(11-9-20)21-6-4-3-5-7-21/h3-15,17-18,26H,16H2,1-2H3,(H,27,28)(H2,25,29,30)/t17-,18+/m0/s1. The van der Waals surface area contributed by atoms with Gasteiger partial charge >= 0.3 is 0 Å². The molecule has 0 radical (unpaired) electrons. The van der Waals surface area contributed by atoms with Crippen molar-refractivity contribution >= 4 is 15.9 Å². The summed E-state index contributed by atoms with van der Waals surface area (Å²) < 4.78 is 22.7. The maximum Gasteiger partial charge on any atom is 0.238 e. The Labute approximate surface area is 183 Å². The van der Waals surface area contributed by atoms with Crippen LogP contribution in [0.1, 0.15) is 37.1 Å². The van der Waals surface area contributed by atoms with E-state index in [4.69, 9.17) is 5.14 Å². The second-order valence-corrected chi connectivity index (χ2v) is 9.06. The van der Waals surface area contributed by atoms with Crippen LogP contribution in [0.4, 0.5) is 0 Å². The summed E-state index contributed by atoms with van der Waals surface area (Å²) >= 11 is 0. The Kier molecular flexibility index (Phi) is 7.22. The molecular weight excluding hydrogens is 410 g/mol. The summed E-state index contributed by atoms with van der Waals surface area (Å²) in [5.74, 6) is -0.118. The molecule has 0 unspecified atom stereocenters. The molecule has 3 rings (SSSR count). The SMILES string of the molecule is C[C@H](NCC(=O)N[C@H](C)c1ccc(-c2ccccc2)cc1)c1ccc(S(N)(=O)=O)cc1. The molecule has 0 saturated carbocycles. The molecule has 0 aliphatic carbocycles. The summed E-state index contributed by atoms with van der Waals surface area (Å²) in [4.78, 5) is 12.4. The lowest BCUT2D eigenvalue weighted by atomic mass is 10.0. The highest BCUT2D eigenvalue weighted by atomic mass is 32.2. The Bertz CT molecular complexity index is 1110. The number of carbonyl (C=O) groups is 1. The zero-order valence-corrected chi connectivity index (χ0v) is 18.4. The number of primary sulfonamides is 1. The molecule has 4 N–H and O–H groups in total. The molecule has 7 heteroatoms. The third-order valence-electron chi connectivity index (χ3n) is 5.17. The first-order valence-electron chi connectivity index (χ1n) is 10.0. The van der Waals surface area contributed by atoms with Crippen molar-refractivity contribution in [2.45, 2.75) is 30.8 Å². The van der Waals surface area contributed by atoms with Gasteiger partial charge in [-0.2, -0.15) is 0 Å². The smallest absolute Gasteiger partial charge is 0.238 e. The van der Waals surface area contributed by atoms with Crippen molar-refractivity contribution in [2.24, 2.45) is 5.14 Å². The summed E-state index contributed by atoms with van der Waals surface area (Å²) in [6.07, 6.45) is 0. The Morgan fingerprint density at radius 3 is 1.90 bits per heavy atom. The molecular formula is C24H27N3O3S. The number of rotatable bonds is 8. The van der Waals surface area contributed by atoms with E-state index in [9.17, 15) is 13.2 Å². The van der Waals surface area contributed by atoms with E-state index in [1.54, 1.807) is 12.1 Å². The molecule has 0 aliphatic heterocycles. The summed E-state index contributed by atoms with van der Waals surface area (Å²) in [5.41, 5.74) is 4.18. The van der Waals surface area contributed by atoms with Gasteiger partial charge in [0, 0.05) is 6.04 Å². The van der Waals surface area contributed by atoms with Gasteiger partial charge in [-0.3, -0.25) is 4.79 Å². The van der Waals surface area contributed by atoms with Crippen LogP contribution in [-0.4, -0.2) is 20.9 Å². The minimum Gasteiger partial charge on any atom is -0.348 e. The minimum atomic E-state index is -3.71. The second kappa shape index (κ2) is 9.87. The summed E-state index contributed by atoms with van der Waals surface area (Å²) in [6, 6.07) is 24.3. The number of hydrogen-bond donors (Lipinski definition) is 3. The number of amides is 1. The lowest BCUT2D eigenvalue weighted by molar-refractivity contribution is -0.121. The van der Waals surface area contributed by atoms with Crippen LogP contribution in [0.15, 0.2) is 83.8 Å². The number of nitrogens with one attached hydrogen (secondary N) is 2. The largest absolute Gasteiger partial charge is 0.348 e. The van der Waals surface area contributed by atoms with Gasteiger partial charge in [0.1, 0.15) is 0 Å². The molecule has 0 aliphatic rings. The number of carbonyl (C=O) groups excluding carboxylic acids is 1. The van der Waals surface area contributed by atoms with Crippen LogP contribution in [0.2, 0.25) is 0 Å². The molecule has 2 atom stereocenters. The molecule has 162 valence electrons. The average molecular weight is 438 g/mol. The van der Waals surface area contributed by atoms with Crippen molar-refractivity contribution < 1.29 is 13.2 Å². The van der Waals surface area contributed by atoms with Gasteiger partial charge in [-0.05, 0) is 48.2 Å². The van der Waals surface area contributed by atoms with E-state index in [0.717, 1.165) is 22.3 Å². The van der Waals surface area contributed by atoms with E-state index in [1.165, 1.54) is 12.1 Å². The Balaban J connectivity index is 1.52. The van der Waals surface area contributed by atoms with Crippen molar-refractivity contribution in [3.63, 3.8) is 0 Å². The Morgan fingerprint density at radius 1 is 0.806 bits per heavy atom. The maximum atomic E-state index is 12.4. The first-order chi connectivity index (χ1) is 14.7. The fourth-order valence-corrected chi connectivity index (χ4v) is 3.80. The zero-order valence-electron chi connectivity index (χ0n) is 17.6. The van der Waals surface area contributed by atoms with Crippen LogP contribution in [0.25, 0.3) is 11.1 Å². The summed E-state index contributed by atoms with van der Waals surface area (Å²) in [5, 5.41) is 11.3. The van der Waals surface area contributed by atoms with Gasteiger partial charge in [0.2, 0.25) is 15.9 Å². The molecule has 3 aromatic rings. The molecule has 0 saturated heterocycles. The number of hydrogen-bond acceptors (Lipinski definition) is 4. The highest BCUT2D eigenvalue weighted by Gasteiger charge is 2.13. The first-order valence-corrected chi connectivity index (χ1v) is 11.6. The highest BCUT2D eigenvalue weighted by Crippen LogP contribution is 2.22. The summed E-state index contributed by atoms with van der Waals surface area (Å²) in [6.45, 7) is 4.00. The second-order valence-electron chi connectivity index (χ2n) is 7.49. The van der Waals surface area contributed by atoms with Crippen molar-refractivity contribution in [3.8, 4) is 11.1 Å². The van der Waals surface area contributed by atoms with Gasteiger partial charge in [-0.15, -0.1) is 0 Å². The number of sulfonamides is 1. The van der Waals surface area contributed by atoms with Crippen molar-refractivity contribution in [1.29, 1.82) is 0 Å². The van der Waals surface area contributed by atoms with Gasteiger partial charge in [0.25, 0.3) is 0 Å². The lowest BCUT2D eigenvalue weighted by Crippen LogP contribution is -2.36. The molecule has 1 amide bonds. The lowest BCUT2D eigenvalue weighted by Gasteiger charge is -2.18. The van der Waals surface area contributed by atoms with Crippen LogP contribution in [0, 0.1) is 0 Å².